The van der Waals surface area contributed by atoms with Crippen LogP contribution in [0.2, 0.25) is 0 Å². The van der Waals surface area contributed by atoms with E-state index in [4.69, 9.17) is 14.2 Å². The number of rotatable bonds is 9. The second-order valence-electron chi connectivity index (χ2n) is 7.37. The number of benzene rings is 2. The Labute approximate surface area is 168 Å². The van der Waals surface area contributed by atoms with Gasteiger partial charge in [0.2, 0.25) is 0 Å². The van der Waals surface area contributed by atoms with E-state index in [0.717, 1.165) is 5.56 Å². The molecule has 0 saturated heterocycles. The Kier molecular flexibility index (Phi) is 7.68. The highest BCUT2D eigenvalue weighted by Gasteiger charge is 2.14. The van der Waals surface area contributed by atoms with Crippen LogP contribution in [0.25, 0.3) is 6.08 Å². The van der Waals surface area contributed by atoms with Gasteiger partial charge in [0.1, 0.15) is 5.75 Å². The lowest BCUT2D eigenvalue weighted by molar-refractivity contribution is 0.104. The van der Waals surface area contributed by atoms with Gasteiger partial charge in [0, 0.05) is 5.56 Å². The zero-order chi connectivity index (χ0) is 20.7. The van der Waals surface area contributed by atoms with E-state index in [9.17, 15) is 4.79 Å². The molecule has 4 heteroatoms. The van der Waals surface area contributed by atoms with Gasteiger partial charge >= 0.3 is 0 Å². The molecule has 2 rings (SSSR count). The fraction of sp³-hybridized carbons (Fsp3) is 0.375. The predicted octanol–water partition coefficient (Wildman–Crippen LogP) is 5.94. The van der Waals surface area contributed by atoms with Crippen molar-refractivity contribution in [1.29, 1.82) is 0 Å². The largest absolute Gasteiger partial charge is 0.490 e. The molecule has 4 nitrogen and oxygen atoms in total. The van der Waals surface area contributed by atoms with Gasteiger partial charge in [-0.25, -0.2) is 0 Å². The summed E-state index contributed by atoms with van der Waals surface area (Å²) < 4.78 is 17.6. The maximum Gasteiger partial charge on any atom is 0.189 e. The van der Waals surface area contributed by atoms with Crippen molar-refractivity contribution in [2.45, 2.75) is 59.9 Å². The van der Waals surface area contributed by atoms with Crippen molar-refractivity contribution in [2.75, 3.05) is 0 Å². The zero-order valence-electron chi connectivity index (χ0n) is 17.6. The molecule has 0 heterocycles. The van der Waals surface area contributed by atoms with Gasteiger partial charge in [-0.2, -0.15) is 0 Å². The van der Waals surface area contributed by atoms with Crippen molar-refractivity contribution in [2.24, 2.45) is 0 Å². The van der Waals surface area contributed by atoms with Gasteiger partial charge in [0.05, 0.1) is 23.9 Å². The van der Waals surface area contributed by atoms with Gasteiger partial charge in [0.25, 0.3) is 0 Å². The minimum atomic E-state index is -0.123. The normalized spacial score (nSPS) is 11.5. The maximum atomic E-state index is 12.8. The third-order valence-corrected chi connectivity index (χ3v) is 3.66. The number of hydrogen-bond acceptors (Lipinski definition) is 4. The molecule has 2 aromatic rings. The summed E-state index contributed by atoms with van der Waals surface area (Å²) in [5.74, 6) is 1.77. The Hall–Kier alpha value is -2.75. The second kappa shape index (κ2) is 9.98. The van der Waals surface area contributed by atoms with E-state index in [2.05, 4.69) is 0 Å². The summed E-state index contributed by atoms with van der Waals surface area (Å²) in [5, 5.41) is 0. The van der Waals surface area contributed by atoms with Crippen LogP contribution in [0.4, 0.5) is 0 Å². The topological polar surface area (TPSA) is 44.8 Å². The monoisotopic (exact) mass is 382 g/mol. The van der Waals surface area contributed by atoms with E-state index in [-0.39, 0.29) is 24.1 Å². The van der Waals surface area contributed by atoms with Crippen molar-refractivity contribution in [3.05, 3.63) is 59.7 Å². The fourth-order valence-electron chi connectivity index (χ4n) is 2.65. The van der Waals surface area contributed by atoms with Crippen LogP contribution in [-0.4, -0.2) is 24.1 Å². The molecule has 2 aromatic carbocycles. The molecule has 0 aliphatic carbocycles. The minimum Gasteiger partial charge on any atom is -0.490 e. The Morgan fingerprint density at radius 2 is 1.32 bits per heavy atom. The third kappa shape index (κ3) is 6.15. The van der Waals surface area contributed by atoms with Gasteiger partial charge in [-0.15, -0.1) is 0 Å². The lowest BCUT2D eigenvalue weighted by Gasteiger charge is -2.19. The van der Waals surface area contributed by atoms with Crippen LogP contribution in [0.15, 0.2) is 48.5 Å². The van der Waals surface area contributed by atoms with Crippen molar-refractivity contribution in [3.8, 4) is 17.2 Å². The smallest absolute Gasteiger partial charge is 0.189 e. The highest BCUT2D eigenvalue weighted by atomic mass is 16.5. The summed E-state index contributed by atoms with van der Waals surface area (Å²) in [6.07, 6.45) is 3.31. The van der Waals surface area contributed by atoms with E-state index in [1.807, 2.05) is 77.9 Å². The van der Waals surface area contributed by atoms with Gasteiger partial charge in [0.15, 0.2) is 17.3 Å². The van der Waals surface area contributed by atoms with Gasteiger partial charge in [-0.05, 0) is 71.9 Å². The lowest BCUT2D eigenvalue weighted by atomic mass is 10.1. The highest BCUT2D eigenvalue weighted by molar-refractivity contribution is 6.08. The lowest BCUT2D eigenvalue weighted by Crippen LogP contribution is -2.11. The molecule has 0 atom stereocenters. The van der Waals surface area contributed by atoms with Crippen LogP contribution in [-0.2, 0) is 0 Å². The fourth-order valence-corrected chi connectivity index (χ4v) is 2.65. The first-order valence-electron chi connectivity index (χ1n) is 9.72. The number of hydrogen-bond donors (Lipinski definition) is 0. The molecule has 0 radical (unpaired) electrons. The summed E-state index contributed by atoms with van der Waals surface area (Å²) >= 11 is 0. The molecule has 0 aromatic heterocycles. The van der Waals surface area contributed by atoms with E-state index < -0.39 is 0 Å². The molecule has 0 unspecified atom stereocenters. The van der Waals surface area contributed by atoms with Crippen molar-refractivity contribution in [3.63, 3.8) is 0 Å². The predicted molar refractivity (Wildman–Crippen MR) is 114 cm³/mol. The number of carbonyl (C=O) groups is 1. The number of allylic oxidation sites excluding steroid dienone is 1. The SMILES string of the molecule is CC(C)Oc1ccccc1C(=O)/C=C/c1cccc(OC(C)C)c1OC(C)C. The molecule has 0 saturated carbocycles. The summed E-state index contributed by atoms with van der Waals surface area (Å²) in [6, 6.07) is 13.0. The van der Waals surface area contributed by atoms with Crippen LogP contribution in [0.3, 0.4) is 0 Å². The van der Waals surface area contributed by atoms with Gasteiger partial charge in [-0.3, -0.25) is 4.79 Å². The summed E-state index contributed by atoms with van der Waals surface area (Å²) in [6.45, 7) is 11.7. The van der Waals surface area contributed by atoms with Crippen LogP contribution in [0.1, 0.15) is 57.5 Å². The first-order chi connectivity index (χ1) is 13.3. The van der Waals surface area contributed by atoms with Gasteiger partial charge < -0.3 is 14.2 Å². The maximum absolute atomic E-state index is 12.8. The zero-order valence-corrected chi connectivity index (χ0v) is 17.6. The molecular formula is C24H30O4. The Balaban J connectivity index is 2.34. The second-order valence-corrected chi connectivity index (χ2v) is 7.37. The van der Waals surface area contributed by atoms with Crippen molar-refractivity contribution < 1.29 is 19.0 Å². The van der Waals surface area contributed by atoms with E-state index in [1.165, 1.54) is 0 Å². The summed E-state index contributed by atoms with van der Waals surface area (Å²) in [7, 11) is 0. The number of para-hydroxylation sites is 2. The number of ether oxygens (including phenoxy) is 3. The van der Waals surface area contributed by atoms with E-state index >= 15 is 0 Å². The highest BCUT2D eigenvalue weighted by Crippen LogP contribution is 2.34. The Morgan fingerprint density at radius 1 is 0.750 bits per heavy atom. The average Bonchev–Trinajstić information content (AvgIpc) is 2.61. The molecule has 0 amide bonds. The van der Waals surface area contributed by atoms with Crippen LogP contribution < -0.4 is 14.2 Å². The van der Waals surface area contributed by atoms with E-state index in [1.54, 1.807) is 18.2 Å². The first-order valence-corrected chi connectivity index (χ1v) is 9.72. The molecule has 0 aliphatic rings. The molecule has 0 spiro atoms. The van der Waals surface area contributed by atoms with Gasteiger partial charge in [-0.1, -0.05) is 24.3 Å². The molecule has 28 heavy (non-hydrogen) atoms. The van der Waals surface area contributed by atoms with Crippen LogP contribution in [0.5, 0.6) is 17.2 Å². The third-order valence-electron chi connectivity index (χ3n) is 3.66. The average molecular weight is 383 g/mol. The van der Waals surface area contributed by atoms with Crippen LogP contribution in [0, 0.1) is 0 Å². The Morgan fingerprint density at radius 3 is 1.96 bits per heavy atom. The quantitative estimate of drug-likeness (QED) is 0.397. The first kappa shape index (κ1) is 21.5. The number of carbonyl (C=O) groups excluding carboxylic acids is 1. The van der Waals surface area contributed by atoms with Crippen LogP contribution >= 0.6 is 0 Å². The van der Waals surface area contributed by atoms with Crippen molar-refractivity contribution >= 4 is 11.9 Å². The molecule has 150 valence electrons. The molecule has 0 N–H and O–H groups in total. The molecular weight excluding hydrogens is 352 g/mol. The van der Waals surface area contributed by atoms with E-state index in [0.29, 0.717) is 22.8 Å². The standard InChI is InChI=1S/C24H30O4/c1-16(2)26-22-12-8-7-11-20(22)21(25)15-14-19-10-9-13-23(27-17(3)4)24(19)28-18(5)6/h7-18H,1-6H3/b15-14+. The molecule has 0 aliphatic heterocycles. The van der Waals surface area contributed by atoms with Crippen molar-refractivity contribution in [1.82, 2.24) is 0 Å². The molecule has 0 fully saturated rings. The summed E-state index contributed by atoms with van der Waals surface area (Å²) in [5.41, 5.74) is 1.33. The Bertz CT molecular complexity index is 819. The number of ketones is 1. The summed E-state index contributed by atoms with van der Waals surface area (Å²) in [4.78, 5) is 12.8. The molecule has 0 bridgehead atoms. The minimum absolute atomic E-state index is 0.00571.